The quantitative estimate of drug-likeness (QED) is 0.537. The standard InChI is InChI=1S/C6H5O.CH3.Co/c7-5-6-3-1-2-4-6;;/h1-4,6H;1H3;/q2*-1;+2. The Labute approximate surface area is 66.0 Å². The summed E-state index contributed by atoms with van der Waals surface area (Å²) in [7, 11) is 0. The van der Waals surface area contributed by atoms with Gasteiger partial charge in [-0.15, -0.1) is 18.1 Å². The first-order valence-electron chi connectivity index (χ1n) is 2.16. The van der Waals surface area contributed by atoms with Crippen molar-refractivity contribution in [1.29, 1.82) is 0 Å². The number of carbonyl (C=O) groups excluding carboxylic acids is 1. The van der Waals surface area contributed by atoms with Crippen LogP contribution in [0.1, 0.15) is 0 Å². The molecule has 0 bridgehead atoms. The molecule has 0 aromatic carbocycles. The van der Waals surface area contributed by atoms with Crippen molar-refractivity contribution in [1.82, 2.24) is 0 Å². The number of hydrogen-bond donors (Lipinski definition) is 0. The molecule has 9 heavy (non-hydrogen) atoms. The molecule has 1 radical (unpaired) electrons. The second-order valence-electron chi connectivity index (χ2n) is 1.41. The van der Waals surface area contributed by atoms with E-state index in [2.05, 4.69) is 0 Å². The largest absolute Gasteiger partial charge is 2.00 e. The fraction of sp³-hybridized carbons (Fsp3) is 0.143. The monoisotopic (exact) mass is 167 g/mol. The van der Waals surface area contributed by atoms with Crippen molar-refractivity contribution in [2.75, 3.05) is 0 Å². The van der Waals surface area contributed by atoms with Crippen LogP contribution in [0.5, 0.6) is 0 Å². The van der Waals surface area contributed by atoms with E-state index in [4.69, 9.17) is 0 Å². The average Bonchev–Trinajstić information content (AvgIpc) is 2.14. The van der Waals surface area contributed by atoms with E-state index in [-0.39, 0.29) is 30.1 Å². The molecule has 1 nitrogen and oxygen atoms in total. The van der Waals surface area contributed by atoms with Gasteiger partial charge in [-0.3, -0.25) is 6.29 Å². The van der Waals surface area contributed by atoms with Crippen LogP contribution >= 0.6 is 0 Å². The third kappa shape index (κ3) is 3.27. The smallest absolute Gasteiger partial charge is 0.541 e. The minimum Gasteiger partial charge on any atom is -0.541 e. The average molecular weight is 167 g/mol. The second kappa shape index (κ2) is 5.79. The second-order valence-corrected chi connectivity index (χ2v) is 1.41. The van der Waals surface area contributed by atoms with Gasteiger partial charge < -0.3 is 12.2 Å². The molecule has 2 heteroatoms. The molecule has 0 heterocycles. The van der Waals surface area contributed by atoms with Gasteiger partial charge in [-0.05, 0) is 0 Å². The first-order chi connectivity index (χ1) is 3.43. The fourth-order valence-corrected chi connectivity index (χ4v) is 0.510. The first-order valence-corrected chi connectivity index (χ1v) is 2.16. The predicted octanol–water partition coefficient (Wildman–Crippen LogP) is 1.29. The Hall–Kier alpha value is -0.344. The first kappa shape index (κ1) is 11.5. The van der Waals surface area contributed by atoms with Crippen LogP contribution in [0.3, 0.4) is 0 Å². The van der Waals surface area contributed by atoms with Gasteiger partial charge in [-0.1, -0.05) is 12.2 Å². The van der Waals surface area contributed by atoms with Crippen molar-refractivity contribution in [2.24, 2.45) is 5.92 Å². The van der Waals surface area contributed by atoms with E-state index in [1.165, 1.54) is 0 Å². The molecule has 1 aliphatic carbocycles. The van der Waals surface area contributed by atoms with Crippen LogP contribution < -0.4 is 0 Å². The summed E-state index contributed by atoms with van der Waals surface area (Å²) >= 11 is 0. The molecule has 0 atom stereocenters. The zero-order chi connectivity index (χ0) is 5.11. The van der Waals surface area contributed by atoms with Gasteiger partial charge in [-0.25, -0.2) is 0 Å². The molecule has 0 aliphatic heterocycles. The van der Waals surface area contributed by atoms with E-state index >= 15 is 0 Å². The molecule has 0 unspecified atom stereocenters. The summed E-state index contributed by atoms with van der Waals surface area (Å²) in [6.45, 7) is 0. The summed E-state index contributed by atoms with van der Waals surface area (Å²) in [5.41, 5.74) is 0. The molecular weight excluding hydrogens is 159 g/mol. The van der Waals surface area contributed by atoms with Crippen molar-refractivity contribution in [3.63, 3.8) is 0 Å². The van der Waals surface area contributed by atoms with Crippen molar-refractivity contribution in [3.05, 3.63) is 31.7 Å². The van der Waals surface area contributed by atoms with Gasteiger partial charge in [0.05, 0.1) is 0 Å². The van der Waals surface area contributed by atoms with E-state index in [1.54, 1.807) is 12.2 Å². The Morgan fingerprint density at radius 1 is 1.22 bits per heavy atom. The molecule has 0 spiro atoms. The maximum Gasteiger partial charge on any atom is 2.00 e. The van der Waals surface area contributed by atoms with E-state index in [0.717, 1.165) is 0 Å². The minimum atomic E-state index is -0.0694. The fourth-order valence-electron chi connectivity index (χ4n) is 0.510. The molecule has 0 saturated carbocycles. The zero-order valence-electron chi connectivity index (χ0n) is 5.13. The molecule has 0 saturated heterocycles. The van der Waals surface area contributed by atoms with Crippen LogP contribution in [0.4, 0.5) is 0 Å². The Morgan fingerprint density at radius 2 is 1.67 bits per heavy atom. The van der Waals surface area contributed by atoms with Gasteiger partial charge >= 0.3 is 16.8 Å². The molecule has 0 aromatic heterocycles. The molecular formula is C7H8CoO. The van der Waals surface area contributed by atoms with Gasteiger partial charge in [-0.2, -0.15) is 0 Å². The van der Waals surface area contributed by atoms with Crippen LogP contribution in [0.2, 0.25) is 0 Å². The Morgan fingerprint density at radius 3 is 1.89 bits per heavy atom. The molecule has 1 aliphatic rings. The summed E-state index contributed by atoms with van der Waals surface area (Å²) in [4.78, 5) is 9.78. The summed E-state index contributed by atoms with van der Waals surface area (Å²) < 4.78 is 0. The number of hydrogen-bond acceptors (Lipinski definition) is 1. The Bertz CT molecular complexity index is 115. The van der Waals surface area contributed by atoms with E-state index in [0.29, 0.717) is 0 Å². The third-order valence-corrected chi connectivity index (χ3v) is 0.884. The van der Waals surface area contributed by atoms with Crippen molar-refractivity contribution in [3.8, 4) is 0 Å². The van der Waals surface area contributed by atoms with Crippen molar-refractivity contribution < 1.29 is 21.6 Å². The van der Waals surface area contributed by atoms with Gasteiger partial charge in [0.25, 0.3) is 0 Å². The normalized spacial score (nSPS) is 14.2. The summed E-state index contributed by atoms with van der Waals surface area (Å²) in [6.07, 6.45) is 9.12. The zero-order valence-corrected chi connectivity index (χ0v) is 6.17. The van der Waals surface area contributed by atoms with Crippen molar-refractivity contribution >= 4 is 6.29 Å². The van der Waals surface area contributed by atoms with Crippen LogP contribution in [-0.4, -0.2) is 6.29 Å². The van der Waals surface area contributed by atoms with Crippen LogP contribution in [0, 0.1) is 13.3 Å². The molecule has 0 fully saturated rings. The summed E-state index contributed by atoms with van der Waals surface area (Å²) in [5, 5.41) is 0. The SMILES string of the molecule is O=[C-]C1C=CC=C1.[CH3-].[Co+2]. The third-order valence-electron chi connectivity index (χ3n) is 0.884. The number of allylic oxidation sites excluding steroid dienone is 4. The van der Waals surface area contributed by atoms with Crippen LogP contribution in [0.25, 0.3) is 0 Å². The van der Waals surface area contributed by atoms with Gasteiger partial charge in [0, 0.05) is 0 Å². The van der Waals surface area contributed by atoms with Crippen molar-refractivity contribution in [2.45, 2.75) is 0 Å². The molecule has 0 N–H and O–H groups in total. The van der Waals surface area contributed by atoms with Gasteiger partial charge in [0.15, 0.2) is 0 Å². The molecule has 1 rings (SSSR count). The van der Waals surface area contributed by atoms with E-state index < -0.39 is 0 Å². The topological polar surface area (TPSA) is 17.1 Å². The van der Waals surface area contributed by atoms with E-state index in [9.17, 15) is 4.79 Å². The van der Waals surface area contributed by atoms with Gasteiger partial charge in [0.1, 0.15) is 0 Å². The molecule has 51 valence electrons. The Balaban J connectivity index is 0. The van der Waals surface area contributed by atoms with Crippen LogP contribution in [0.15, 0.2) is 24.3 Å². The Kier molecular flexibility index (Phi) is 7.36. The molecule has 0 amide bonds. The van der Waals surface area contributed by atoms with Crippen LogP contribution in [-0.2, 0) is 21.6 Å². The maximum absolute atomic E-state index is 9.78. The predicted molar refractivity (Wildman–Crippen MR) is 33.9 cm³/mol. The summed E-state index contributed by atoms with van der Waals surface area (Å²) in [5.74, 6) is -0.0694. The molecule has 0 aromatic rings. The number of rotatable bonds is 1. The minimum absolute atomic E-state index is 0. The maximum atomic E-state index is 9.78. The van der Waals surface area contributed by atoms with E-state index in [1.807, 2.05) is 18.4 Å². The summed E-state index contributed by atoms with van der Waals surface area (Å²) in [6, 6.07) is 0. The van der Waals surface area contributed by atoms with Gasteiger partial charge in [0.2, 0.25) is 0 Å².